The van der Waals surface area contributed by atoms with Gasteiger partial charge in [-0.3, -0.25) is 14.5 Å². The molecule has 0 N–H and O–H groups in total. The van der Waals surface area contributed by atoms with E-state index in [0.29, 0.717) is 11.8 Å². The largest absolute Gasteiger partial charge is 0.300 e. The van der Waals surface area contributed by atoms with Crippen LogP contribution >= 0.6 is 0 Å². The number of rotatable bonds is 4. The predicted octanol–water partition coefficient (Wildman–Crippen LogP) is 3.91. The molecule has 1 saturated carbocycles. The summed E-state index contributed by atoms with van der Waals surface area (Å²) in [4.78, 5) is 16.7. The molecule has 0 radical (unpaired) electrons. The minimum Gasteiger partial charge on any atom is -0.300 e. The molecule has 0 bridgehead atoms. The maximum Gasteiger partial charge on any atom is 0.156 e. The van der Waals surface area contributed by atoms with Crippen LogP contribution in [0.1, 0.15) is 75.7 Å². The second-order valence-corrected chi connectivity index (χ2v) is 7.88. The SMILES string of the molecule is CC(C)c1nccn1-c1cncc(C2CCCN(C3CCCC3)C2)n1. The molecule has 1 saturated heterocycles. The number of piperidine rings is 1. The zero-order chi connectivity index (χ0) is 17.2. The lowest BCUT2D eigenvalue weighted by atomic mass is 9.93. The first-order valence-electron chi connectivity index (χ1n) is 9.82. The molecule has 0 aromatic carbocycles. The van der Waals surface area contributed by atoms with Crippen LogP contribution in [0.5, 0.6) is 0 Å². The van der Waals surface area contributed by atoms with Crippen molar-refractivity contribution in [2.45, 2.75) is 70.3 Å². The maximum absolute atomic E-state index is 4.98. The molecule has 0 amide bonds. The monoisotopic (exact) mass is 339 g/mol. The van der Waals surface area contributed by atoms with Gasteiger partial charge in [0.15, 0.2) is 5.82 Å². The summed E-state index contributed by atoms with van der Waals surface area (Å²) in [5.41, 5.74) is 1.14. The van der Waals surface area contributed by atoms with Gasteiger partial charge in [-0.2, -0.15) is 0 Å². The van der Waals surface area contributed by atoms with Crippen LogP contribution in [0.15, 0.2) is 24.8 Å². The second kappa shape index (κ2) is 7.24. The lowest BCUT2D eigenvalue weighted by Crippen LogP contribution is -2.40. The molecule has 2 fully saturated rings. The van der Waals surface area contributed by atoms with Crippen molar-refractivity contribution >= 4 is 0 Å². The van der Waals surface area contributed by atoms with E-state index in [1.54, 1.807) is 0 Å². The average molecular weight is 339 g/mol. The fourth-order valence-electron chi connectivity index (χ4n) is 4.47. The van der Waals surface area contributed by atoms with Crippen LogP contribution in [0.3, 0.4) is 0 Å². The Hall–Kier alpha value is -1.75. The number of imidazole rings is 1. The Morgan fingerprint density at radius 2 is 1.92 bits per heavy atom. The van der Waals surface area contributed by atoms with E-state index in [0.717, 1.165) is 29.9 Å². The molecule has 1 aliphatic heterocycles. The molecule has 134 valence electrons. The molecule has 3 heterocycles. The fourth-order valence-corrected chi connectivity index (χ4v) is 4.47. The number of nitrogens with zero attached hydrogens (tertiary/aromatic N) is 5. The summed E-state index contributed by atoms with van der Waals surface area (Å²) in [5.74, 6) is 2.82. The topological polar surface area (TPSA) is 46.8 Å². The zero-order valence-electron chi connectivity index (χ0n) is 15.4. The van der Waals surface area contributed by atoms with Gasteiger partial charge >= 0.3 is 0 Å². The molecule has 4 rings (SSSR count). The molecular weight excluding hydrogens is 310 g/mol. The highest BCUT2D eigenvalue weighted by molar-refractivity contribution is 5.25. The van der Waals surface area contributed by atoms with Crippen molar-refractivity contribution in [3.8, 4) is 5.82 Å². The van der Waals surface area contributed by atoms with Crippen LogP contribution in [0, 0.1) is 0 Å². The van der Waals surface area contributed by atoms with Gasteiger partial charge in [0.05, 0.1) is 11.9 Å². The molecule has 1 atom stereocenters. The van der Waals surface area contributed by atoms with E-state index < -0.39 is 0 Å². The second-order valence-electron chi connectivity index (χ2n) is 7.88. The summed E-state index contributed by atoms with van der Waals surface area (Å²) in [6, 6.07) is 0.806. The van der Waals surface area contributed by atoms with Gasteiger partial charge in [0.2, 0.25) is 0 Å². The third-order valence-corrected chi connectivity index (χ3v) is 5.79. The summed E-state index contributed by atoms with van der Waals surface area (Å²) in [6.07, 6.45) is 15.7. The van der Waals surface area contributed by atoms with Crippen molar-refractivity contribution in [1.82, 2.24) is 24.4 Å². The molecule has 5 nitrogen and oxygen atoms in total. The Morgan fingerprint density at radius 1 is 1.08 bits per heavy atom. The van der Waals surface area contributed by atoms with E-state index in [2.05, 4.69) is 33.3 Å². The van der Waals surface area contributed by atoms with Gasteiger partial charge in [-0.1, -0.05) is 26.7 Å². The Balaban J connectivity index is 1.55. The highest BCUT2D eigenvalue weighted by Gasteiger charge is 2.29. The summed E-state index contributed by atoms with van der Waals surface area (Å²) in [6.45, 7) is 6.73. The first kappa shape index (κ1) is 16.7. The van der Waals surface area contributed by atoms with Gasteiger partial charge < -0.3 is 0 Å². The fraction of sp³-hybridized carbons (Fsp3) is 0.650. The number of aromatic nitrogens is 4. The predicted molar refractivity (Wildman–Crippen MR) is 99.0 cm³/mol. The van der Waals surface area contributed by atoms with Crippen molar-refractivity contribution in [2.24, 2.45) is 0 Å². The first-order chi connectivity index (χ1) is 12.2. The van der Waals surface area contributed by atoms with Gasteiger partial charge in [0.1, 0.15) is 5.82 Å². The zero-order valence-corrected chi connectivity index (χ0v) is 15.4. The van der Waals surface area contributed by atoms with Gasteiger partial charge in [0.25, 0.3) is 0 Å². The molecule has 0 spiro atoms. The Morgan fingerprint density at radius 3 is 2.72 bits per heavy atom. The summed E-state index contributed by atoms with van der Waals surface area (Å²) >= 11 is 0. The Bertz CT molecular complexity index is 702. The smallest absolute Gasteiger partial charge is 0.156 e. The van der Waals surface area contributed by atoms with E-state index in [-0.39, 0.29) is 0 Å². The van der Waals surface area contributed by atoms with Gasteiger partial charge in [-0.15, -0.1) is 0 Å². The van der Waals surface area contributed by atoms with E-state index in [9.17, 15) is 0 Å². The number of hydrogen-bond donors (Lipinski definition) is 0. The average Bonchev–Trinajstić information content (AvgIpc) is 3.34. The number of hydrogen-bond acceptors (Lipinski definition) is 4. The third-order valence-electron chi connectivity index (χ3n) is 5.79. The van der Waals surface area contributed by atoms with E-state index in [4.69, 9.17) is 4.98 Å². The van der Waals surface area contributed by atoms with Gasteiger partial charge in [0, 0.05) is 43.0 Å². The van der Waals surface area contributed by atoms with Crippen LogP contribution in [0.2, 0.25) is 0 Å². The van der Waals surface area contributed by atoms with Crippen molar-refractivity contribution in [3.05, 3.63) is 36.3 Å². The normalized spacial score (nSPS) is 22.8. The maximum atomic E-state index is 4.98. The van der Waals surface area contributed by atoms with Gasteiger partial charge in [-0.05, 0) is 32.2 Å². The van der Waals surface area contributed by atoms with Crippen molar-refractivity contribution < 1.29 is 0 Å². The lowest BCUT2D eigenvalue weighted by molar-refractivity contribution is 0.149. The molecule has 2 aromatic heterocycles. The first-order valence-corrected chi connectivity index (χ1v) is 9.82. The van der Waals surface area contributed by atoms with E-state index in [1.165, 1.54) is 45.1 Å². The third kappa shape index (κ3) is 3.47. The summed E-state index contributed by atoms with van der Waals surface area (Å²) in [5, 5.41) is 0. The van der Waals surface area contributed by atoms with Crippen molar-refractivity contribution in [1.29, 1.82) is 0 Å². The molecule has 5 heteroatoms. The van der Waals surface area contributed by atoms with E-state index >= 15 is 0 Å². The molecule has 2 aliphatic rings. The molecule has 1 unspecified atom stereocenters. The summed E-state index contributed by atoms with van der Waals surface area (Å²) < 4.78 is 2.08. The van der Waals surface area contributed by atoms with Gasteiger partial charge in [-0.25, -0.2) is 9.97 Å². The minimum absolute atomic E-state index is 0.369. The molecule has 1 aliphatic carbocycles. The minimum atomic E-state index is 0.369. The quantitative estimate of drug-likeness (QED) is 0.847. The Labute approximate surface area is 150 Å². The van der Waals surface area contributed by atoms with Crippen LogP contribution in [-0.4, -0.2) is 43.6 Å². The van der Waals surface area contributed by atoms with Crippen molar-refractivity contribution in [3.63, 3.8) is 0 Å². The molecule has 25 heavy (non-hydrogen) atoms. The highest BCUT2D eigenvalue weighted by atomic mass is 15.2. The van der Waals surface area contributed by atoms with Crippen molar-refractivity contribution in [2.75, 3.05) is 13.1 Å². The van der Waals surface area contributed by atoms with Crippen LogP contribution in [0.25, 0.3) is 5.82 Å². The lowest BCUT2D eigenvalue weighted by Gasteiger charge is -2.36. The number of likely N-dealkylation sites (tertiary alicyclic amines) is 1. The standard InChI is InChI=1S/C20H29N5/c1-15(2)20-22-9-11-25(20)19-13-21-12-18(23-19)16-6-5-10-24(14-16)17-7-3-4-8-17/h9,11-13,15-17H,3-8,10,14H2,1-2H3. The molecule has 2 aromatic rings. The Kier molecular flexibility index (Phi) is 4.84. The van der Waals surface area contributed by atoms with E-state index in [1.807, 2.05) is 24.8 Å². The van der Waals surface area contributed by atoms with Crippen LogP contribution < -0.4 is 0 Å². The highest BCUT2D eigenvalue weighted by Crippen LogP contribution is 2.31. The summed E-state index contributed by atoms with van der Waals surface area (Å²) in [7, 11) is 0. The molecular formula is C20H29N5. The van der Waals surface area contributed by atoms with Crippen LogP contribution in [0.4, 0.5) is 0 Å². The van der Waals surface area contributed by atoms with Crippen LogP contribution in [-0.2, 0) is 0 Å².